The fraction of sp³-hybridized carbons (Fsp3) is 0.727. The van der Waals surface area contributed by atoms with Gasteiger partial charge in [-0.15, -0.1) is 0 Å². The summed E-state index contributed by atoms with van der Waals surface area (Å²) in [5.74, 6) is 2.08. The highest BCUT2D eigenvalue weighted by Gasteiger charge is 2.31. The van der Waals surface area contributed by atoms with Gasteiger partial charge in [0.25, 0.3) is 0 Å². The molecule has 2 aliphatic rings. The molecular weight excluding hydrogens is 296 g/mol. The molecule has 1 aliphatic carbocycles. The summed E-state index contributed by atoms with van der Waals surface area (Å²) in [4.78, 5) is 0. The molecule has 1 heterocycles. The van der Waals surface area contributed by atoms with Crippen molar-refractivity contribution in [3.05, 3.63) is 35.4 Å². The van der Waals surface area contributed by atoms with Crippen molar-refractivity contribution in [1.29, 1.82) is 0 Å². The lowest BCUT2D eigenvalue weighted by Crippen LogP contribution is -2.38. The first-order valence-corrected chi connectivity index (χ1v) is 9.99. The summed E-state index contributed by atoms with van der Waals surface area (Å²) in [7, 11) is 0. The average Bonchev–Trinajstić information content (AvgIpc) is 2.64. The summed E-state index contributed by atoms with van der Waals surface area (Å²) in [6.45, 7) is 10.3. The zero-order valence-corrected chi connectivity index (χ0v) is 16.1. The molecule has 0 radical (unpaired) electrons. The third kappa shape index (κ3) is 5.89. The van der Waals surface area contributed by atoms with E-state index >= 15 is 0 Å². The molecule has 1 aromatic carbocycles. The molecular formula is C22H36O2. The maximum atomic E-state index is 6.05. The molecule has 0 N–H and O–H groups in total. The van der Waals surface area contributed by atoms with Crippen LogP contribution in [-0.2, 0) is 15.9 Å². The van der Waals surface area contributed by atoms with Crippen LogP contribution in [0.1, 0.15) is 64.0 Å². The Morgan fingerprint density at radius 2 is 1.50 bits per heavy atom. The standard InChI is InChI=1S/C20H30O2.C2H6/c1-15-3-7-17(8-4-15)9-10-18-13-21-20(22-14-18)19-11-5-16(2)6-12-19;1-2/h3-4,7-8,16,18-20H,5-6,9-14H2,1-2H3;1-2H3. The van der Waals surface area contributed by atoms with Crippen molar-refractivity contribution < 1.29 is 9.47 Å². The monoisotopic (exact) mass is 332 g/mol. The van der Waals surface area contributed by atoms with Crippen molar-refractivity contribution in [2.24, 2.45) is 17.8 Å². The highest BCUT2D eigenvalue weighted by Crippen LogP contribution is 2.34. The third-order valence-corrected chi connectivity index (χ3v) is 5.40. The summed E-state index contributed by atoms with van der Waals surface area (Å²) >= 11 is 0. The Kier molecular flexibility index (Phi) is 8.28. The van der Waals surface area contributed by atoms with Gasteiger partial charge in [-0.1, -0.05) is 63.4 Å². The molecule has 0 unspecified atom stereocenters. The van der Waals surface area contributed by atoms with Gasteiger partial charge in [0.15, 0.2) is 6.29 Å². The first kappa shape index (κ1) is 19.5. The lowest BCUT2D eigenvalue weighted by molar-refractivity contribution is -0.229. The van der Waals surface area contributed by atoms with E-state index in [1.807, 2.05) is 13.8 Å². The van der Waals surface area contributed by atoms with Crippen LogP contribution in [0.2, 0.25) is 0 Å². The van der Waals surface area contributed by atoms with E-state index in [1.165, 1.54) is 36.8 Å². The van der Waals surface area contributed by atoms with Crippen molar-refractivity contribution in [1.82, 2.24) is 0 Å². The summed E-state index contributed by atoms with van der Waals surface area (Å²) in [5, 5.41) is 0. The van der Waals surface area contributed by atoms with Gasteiger partial charge in [0.05, 0.1) is 13.2 Å². The number of ether oxygens (including phenoxy) is 2. The number of hydrogen-bond acceptors (Lipinski definition) is 2. The molecule has 0 bridgehead atoms. The van der Waals surface area contributed by atoms with Crippen molar-refractivity contribution >= 4 is 0 Å². The molecule has 24 heavy (non-hydrogen) atoms. The normalized spacial score (nSPS) is 30.3. The number of rotatable bonds is 4. The van der Waals surface area contributed by atoms with Crippen molar-refractivity contribution in [2.75, 3.05) is 13.2 Å². The molecule has 1 saturated carbocycles. The quantitative estimate of drug-likeness (QED) is 0.697. The van der Waals surface area contributed by atoms with Crippen molar-refractivity contribution in [3.63, 3.8) is 0 Å². The van der Waals surface area contributed by atoms with Crippen LogP contribution in [0.4, 0.5) is 0 Å². The molecule has 0 spiro atoms. The van der Waals surface area contributed by atoms with Crippen LogP contribution in [0.15, 0.2) is 24.3 Å². The first-order valence-electron chi connectivity index (χ1n) is 9.99. The number of aryl methyl sites for hydroxylation is 2. The van der Waals surface area contributed by atoms with E-state index in [4.69, 9.17) is 9.47 Å². The SMILES string of the molecule is CC.Cc1ccc(CCC2COC(C3CCC(C)CC3)OC2)cc1. The minimum atomic E-state index is 0.0723. The Hall–Kier alpha value is -0.860. The first-order chi connectivity index (χ1) is 11.7. The second kappa shape index (κ2) is 10.2. The van der Waals surface area contributed by atoms with Gasteiger partial charge in [-0.25, -0.2) is 0 Å². The van der Waals surface area contributed by atoms with E-state index in [2.05, 4.69) is 38.1 Å². The van der Waals surface area contributed by atoms with Gasteiger partial charge in [-0.3, -0.25) is 0 Å². The van der Waals surface area contributed by atoms with E-state index in [9.17, 15) is 0 Å². The van der Waals surface area contributed by atoms with Crippen LogP contribution in [0.5, 0.6) is 0 Å². The maximum Gasteiger partial charge on any atom is 0.160 e. The summed E-state index contributed by atoms with van der Waals surface area (Å²) < 4.78 is 12.1. The number of hydrogen-bond donors (Lipinski definition) is 0. The molecule has 2 heteroatoms. The smallest absolute Gasteiger partial charge is 0.160 e. The third-order valence-electron chi connectivity index (χ3n) is 5.40. The molecule has 1 aromatic rings. The Balaban J connectivity index is 0.00000100. The largest absolute Gasteiger partial charge is 0.352 e. The minimum absolute atomic E-state index is 0.0723. The van der Waals surface area contributed by atoms with Gasteiger partial charge in [0, 0.05) is 11.8 Å². The van der Waals surface area contributed by atoms with Crippen LogP contribution in [0.25, 0.3) is 0 Å². The zero-order valence-electron chi connectivity index (χ0n) is 16.1. The second-order valence-electron chi connectivity index (χ2n) is 7.45. The summed E-state index contributed by atoms with van der Waals surface area (Å²) in [6, 6.07) is 8.88. The highest BCUT2D eigenvalue weighted by molar-refractivity contribution is 5.21. The molecule has 1 aliphatic heterocycles. The average molecular weight is 333 g/mol. The zero-order chi connectivity index (χ0) is 17.4. The topological polar surface area (TPSA) is 18.5 Å². The Labute approximate surface area is 148 Å². The molecule has 0 aromatic heterocycles. The van der Waals surface area contributed by atoms with E-state index in [-0.39, 0.29) is 6.29 Å². The van der Waals surface area contributed by atoms with Gasteiger partial charge < -0.3 is 9.47 Å². The molecule has 2 fully saturated rings. The fourth-order valence-corrected chi connectivity index (χ4v) is 3.68. The Morgan fingerprint density at radius 3 is 2.08 bits per heavy atom. The molecule has 136 valence electrons. The second-order valence-corrected chi connectivity index (χ2v) is 7.45. The van der Waals surface area contributed by atoms with Crippen LogP contribution in [-0.4, -0.2) is 19.5 Å². The molecule has 0 amide bonds. The van der Waals surface area contributed by atoms with E-state index in [0.717, 1.165) is 32.0 Å². The lowest BCUT2D eigenvalue weighted by Gasteiger charge is -2.37. The van der Waals surface area contributed by atoms with Crippen molar-refractivity contribution in [3.8, 4) is 0 Å². The van der Waals surface area contributed by atoms with Crippen LogP contribution in [0.3, 0.4) is 0 Å². The predicted octanol–water partition coefficient (Wildman–Crippen LogP) is 5.77. The van der Waals surface area contributed by atoms with Gasteiger partial charge in [0.1, 0.15) is 0 Å². The molecule has 2 nitrogen and oxygen atoms in total. The van der Waals surface area contributed by atoms with Crippen LogP contribution < -0.4 is 0 Å². The van der Waals surface area contributed by atoms with Crippen LogP contribution in [0, 0.1) is 24.7 Å². The molecule has 1 saturated heterocycles. The van der Waals surface area contributed by atoms with E-state index in [0.29, 0.717) is 11.8 Å². The Morgan fingerprint density at radius 1 is 0.917 bits per heavy atom. The fourth-order valence-electron chi connectivity index (χ4n) is 3.68. The van der Waals surface area contributed by atoms with Gasteiger partial charge in [-0.05, 0) is 44.1 Å². The molecule has 0 atom stereocenters. The Bertz CT molecular complexity index is 438. The van der Waals surface area contributed by atoms with Gasteiger partial charge in [-0.2, -0.15) is 0 Å². The lowest BCUT2D eigenvalue weighted by atomic mass is 9.82. The van der Waals surface area contributed by atoms with Gasteiger partial charge >= 0.3 is 0 Å². The summed E-state index contributed by atoms with van der Waals surface area (Å²) in [6.07, 6.45) is 7.60. The predicted molar refractivity (Wildman–Crippen MR) is 101 cm³/mol. The van der Waals surface area contributed by atoms with Gasteiger partial charge in [0.2, 0.25) is 0 Å². The van der Waals surface area contributed by atoms with Crippen molar-refractivity contribution in [2.45, 2.75) is 72.5 Å². The highest BCUT2D eigenvalue weighted by atomic mass is 16.7. The maximum absolute atomic E-state index is 6.05. The van der Waals surface area contributed by atoms with Crippen LogP contribution >= 0.6 is 0 Å². The number of benzene rings is 1. The summed E-state index contributed by atoms with van der Waals surface area (Å²) in [5.41, 5.74) is 2.76. The molecule has 3 rings (SSSR count). The van der Waals surface area contributed by atoms with E-state index in [1.54, 1.807) is 0 Å². The van der Waals surface area contributed by atoms with E-state index < -0.39 is 0 Å². The minimum Gasteiger partial charge on any atom is -0.352 e.